The second kappa shape index (κ2) is 4.55. The van der Waals surface area contributed by atoms with Gasteiger partial charge in [0.05, 0.1) is 32.6 Å². The highest BCUT2D eigenvalue weighted by atomic mass is 19.1. The fraction of sp³-hybridized carbons (Fsp3) is 0.500. The second-order valence-electron chi connectivity index (χ2n) is 3.33. The van der Waals surface area contributed by atoms with Gasteiger partial charge in [-0.2, -0.15) is 0 Å². The summed E-state index contributed by atoms with van der Waals surface area (Å²) in [6.07, 6.45) is 1.14. The van der Waals surface area contributed by atoms with E-state index in [0.29, 0.717) is 24.7 Å². The van der Waals surface area contributed by atoms with Crippen LogP contribution >= 0.6 is 0 Å². The van der Waals surface area contributed by atoms with E-state index >= 15 is 0 Å². The number of rotatable bonds is 2. The summed E-state index contributed by atoms with van der Waals surface area (Å²) >= 11 is 0. The number of nitrogens with one attached hydrogen (secondary N) is 1. The molecule has 2 rings (SSSR count). The van der Waals surface area contributed by atoms with E-state index in [4.69, 9.17) is 9.47 Å². The highest BCUT2D eigenvalue weighted by Gasteiger charge is 2.20. The Morgan fingerprint density at radius 3 is 3.20 bits per heavy atom. The molecule has 1 aliphatic heterocycles. The van der Waals surface area contributed by atoms with E-state index in [0.717, 1.165) is 12.7 Å². The Morgan fingerprint density at radius 2 is 2.53 bits per heavy atom. The SMILES string of the molecule is COc1ncc(F)cc1C1COCCN1. The molecule has 2 heterocycles. The van der Waals surface area contributed by atoms with Crippen LogP contribution in [0.25, 0.3) is 0 Å². The van der Waals surface area contributed by atoms with Crippen molar-refractivity contribution in [1.82, 2.24) is 10.3 Å². The first-order chi connectivity index (χ1) is 7.31. The molecule has 1 fully saturated rings. The zero-order valence-corrected chi connectivity index (χ0v) is 8.50. The van der Waals surface area contributed by atoms with Crippen molar-refractivity contribution < 1.29 is 13.9 Å². The van der Waals surface area contributed by atoms with E-state index < -0.39 is 0 Å². The molecule has 1 aromatic heterocycles. The Morgan fingerprint density at radius 1 is 1.67 bits per heavy atom. The Labute approximate surface area is 87.4 Å². The van der Waals surface area contributed by atoms with Crippen LogP contribution in [0.4, 0.5) is 4.39 Å². The standard InChI is InChI=1S/C10H13FN2O2/c1-14-10-8(4-7(11)5-13-10)9-6-15-3-2-12-9/h4-5,9,12H,2-3,6H2,1H3. The summed E-state index contributed by atoms with van der Waals surface area (Å²) in [5, 5.41) is 3.23. The molecule has 0 radical (unpaired) electrons. The molecule has 1 saturated heterocycles. The summed E-state index contributed by atoms with van der Waals surface area (Å²) in [5.74, 6) is 0.0811. The first kappa shape index (κ1) is 10.3. The van der Waals surface area contributed by atoms with Crippen LogP contribution in [-0.4, -0.2) is 31.9 Å². The van der Waals surface area contributed by atoms with Gasteiger partial charge in [-0.25, -0.2) is 9.37 Å². The Balaban J connectivity index is 2.27. The van der Waals surface area contributed by atoms with Crippen LogP contribution in [0.5, 0.6) is 5.88 Å². The van der Waals surface area contributed by atoms with Crippen molar-refractivity contribution in [1.29, 1.82) is 0 Å². The maximum Gasteiger partial charge on any atom is 0.218 e. The minimum Gasteiger partial charge on any atom is -0.481 e. The van der Waals surface area contributed by atoms with Gasteiger partial charge in [-0.1, -0.05) is 0 Å². The molecule has 1 aliphatic rings. The Hall–Kier alpha value is -1.20. The molecular weight excluding hydrogens is 199 g/mol. The van der Waals surface area contributed by atoms with Crippen LogP contribution in [0.15, 0.2) is 12.3 Å². The highest BCUT2D eigenvalue weighted by molar-refractivity contribution is 5.29. The van der Waals surface area contributed by atoms with Gasteiger partial charge in [-0.3, -0.25) is 0 Å². The van der Waals surface area contributed by atoms with Gasteiger partial charge in [0.15, 0.2) is 0 Å². The summed E-state index contributed by atoms with van der Waals surface area (Å²) in [6, 6.07) is 1.38. The van der Waals surface area contributed by atoms with Gasteiger partial charge >= 0.3 is 0 Å². The molecule has 1 aromatic rings. The Bertz CT molecular complexity index is 340. The van der Waals surface area contributed by atoms with Crippen LogP contribution < -0.4 is 10.1 Å². The molecule has 1 atom stereocenters. The molecule has 0 aliphatic carbocycles. The fourth-order valence-corrected chi connectivity index (χ4v) is 1.63. The van der Waals surface area contributed by atoms with Crippen LogP contribution in [0.3, 0.4) is 0 Å². The van der Waals surface area contributed by atoms with Gasteiger partial charge in [0, 0.05) is 12.1 Å². The summed E-state index contributed by atoms with van der Waals surface area (Å²) in [5.41, 5.74) is 0.706. The minimum atomic E-state index is -0.363. The van der Waals surface area contributed by atoms with Gasteiger partial charge in [0.2, 0.25) is 5.88 Å². The van der Waals surface area contributed by atoms with Gasteiger partial charge in [-0.05, 0) is 6.07 Å². The fourth-order valence-electron chi connectivity index (χ4n) is 1.63. The van der Waals surface area contributed by atoms with E-state index in [1.54, 1.807) is 0 Å². The number of ether oxygens (including phenoxy) is 2. The maximum atomic E-state index is 13.1. The van der Waals surface area contributed by atoms with Crippen molar-refractivity contribution in [2.75, 3.05) is 26.9 Å². The number of halogens is 1. The van der Waals surface area contributed by atoms with Crippen LogP contribution in [-0.2, 0) is 4.74 Å². The third-order valence-electron chi connectivity index (χ3n) is 2.34. The average Bonchev–Trinajstić information content (AvgIpc) is 2.30. The molecule has 0 spiro atoms. The largest absolute Gasteiger partial charge is 0.481 e. The van der Waals surface area contributed by atoms with Crippen LogP contribution in [0.2, 0.25) is 0 Å². The van der Waals surface area contributed by atoms with Crippen molar-refractivity contribution in [3.05, 3.63) is 23.6 Å². The van der Waals surface area contributed by atoms with E-state index in [2.05, 4.69) is 10.3 Å². The second-order valence-corrected chi connectivity index (χ2v) is 3.33. The number of methoxy groups -OCH3 is 1. The molecule has 5 heteroatoms. The van der Waals surface area contributed by atoms with Gasteiger partial charge in [0.1, 0.15) is 5.82 Å². The average molecular weight is 212 g/mol. The number of hydrogen-bond acceptors (Lipinski definition) is 4. The highest BCUT2D eigenvalue weighted by Crippen LogP contribution is 2.24. The summed E-state index contributed by atoms with van der Waals surface area (Å²) in [6.45, 7) is 1.95. The minimum absolute atomic E-state index is 0.0445. The van der Waals surface area contributed by atoms with Crippen molar-refractivity contribution in [3.63, 3.8) is 0 Å². The lowest BCUT2D eigenvalue weighted by molar-refractivity contribution is 0.0757. The van der Waals surface area contributed by atoms with Crippen molar-refractivity contribution >= 4 is 0 Å². The predicted molar refractivity (Wildman–Crippen MR) is 52.3 cm³/mol. The molecular formula is C10H13FN2O2. The summed E-state index contributed by atoms with van der Waals surface area (Å²) in [7, 11) is 1.52. The van der Waals surface area contributed by atoms with Crippen LogP contribution in [0.1, 0.15) is 11.6 Å². The first-order valence-electron chi connectivity index (χ1n) is 4.82. The maximum absolute atomic E-state index is 13.1. The lowest BCUT2D eigenvalue weighted by Gasteiger charge is -2.24. The molecule has 4 nitrogen and oxygen atoms in total. The van der Waals surface area contributed by atoms with Crippen molar-refractivity contribution in [2.24, 2.45) is 0 Å². The first-order valence-corrected chi connectivity index (χ1v) is 4.82. The number of hydrogen-bond donors (Lipinski definition) is 1. The van der Waals surface area contributed by atoms with Gasteiger partial charge in [0.25, 0.3) is 0 Å². The van der Waals surface area contributed by atoms with E-state index in [9.17, 15) is 4.39 Å². The lowest BCUT2D eigenvalue weighted by Crippen LogP contribution is -2.34. The van der Waals surface area contributed by atoms with E-state index in [1.807, 2.05) is 0 Å². The monoisotopic (exact) mass is 212 g/mol. The smallest absolute Gasteiger partial charge is 0.218 e. The summed E-state index contributed by atoms with van der Waals surface area (Å²) in [4.78, 5) is 3.88. The topological polar surface area (TPSA) is 43.4 Å². The predicted octanol–water partition coefficient (Wildman–Crippen LogP) is 0.890. The third kappa shape index (κ3) is 2.24. The van der Waals surface area contributed by atoms with Crippen molar-refractivity contribution in [2.45, 2.75) is 6.04 Å². The van der Waals surface area contributed by atoms with Gasteiger partial charge in [-0.15, -0.1) is 0 Å². The van der Waals surface area contributed by atoms with E-state index in [1.165, 1.54) is 13.2 Å². The zero-order chi connectivity index (χ0) is 10.7. The molecule has 0 saturated carbocycles. The quantitative estimate of drug-likeness (QED) is 0.790. The lowest BCUT2D eigenvalue weighted by atomic mass is 10.1. The number of morpholine rings is 1. The normalized spacial score (nSPS) is 21.3. The zero-order valence-electron chi connectivity index (χ0n) is 8.50. The number of aromatic nitrogens is 1. The molecule has 15 heavy (non-hydrogen) atoms. The Kier molecular flexibility index (Phi) is 3.13. The third-order valence-corrected chi connectivity index (χ3v) is 2.34. The van der Waals surface area contributed by atoms with Crippen LogP contribution in [0, 0.1) is 5.82 Å². The molecule has 0 amide bonds. The molecule has 1 unspecified atom stereocenters. The number of nitrogens with zero attached hydrogens (tertiary/aromatic N) is 1. The molecule has 1 N–H and O–H groups in total. The van der Waals surface area contributed by atoms with Crippen molar-refractivity contribution in [3.8, 4) is 5.88 Å². The molecule has 0 aromatic carbocycles. The molecule has 82 valence electrons. The summed E-state index contributed by atoms with van der Waals surface area (Å²) < 4.78 is 23.4. The van der Waals surface area contributed by atoms with E-state index in [-0.39, 0.29) is 11.9 Å². The van der Waals surface area contributed by atoms with Gasteiger partial charge < -0.3 is 14.8 Å². The number of pyridine rings is 1. The molecule has 0 bridgehead atoms.